The van der Waals surface area contributed by atoms with E-state index in [1.807, 2.05) is 6.07 Å². The predicted molar refractivity (Wildman–Crippen MR) is 88.9 cm³/mol. The average Bonchev–Trinajstić information content (AvgIpc) is 2.55. The van der Waals surface area contributed by atoms with Gasteiger partial charge in [-0.2, -0.15) is 0 Å². The molecule has 3 nitrogen and oxygen atoms in total. The van der Waals surface area contributed by atoms with Crippen LogP contribution in [0.1, 0.15) is 62.5 Å². The second-order valence-corrected chi connectivity index (χ2v) is 6.94. The molecule has 1 saturated carbocycles. The smallest absolute Gasteiger partial charge is 0.253 e. The number of anilines is 1. The zero-order valence-electron chi connectivity index (χ0n) is 13.3. The van der Waals surface area contributed by atoms with Crippen LogP contribution in [0.25, 0.3) is 0 Å². The largest absolute Gasteiger partial charge is 0.383 e. The lowest BCUT2D eigenvalue weighted by molar-refractivity contribution is -0.125. The number of carbonyl (C=O) groups excluding carboxylic acids is 1. The Morgan fingerprint density at radius 2 is 1.82 bits per heavy atom. The molecule has 0 aliphatic heterocycles. The molecule has 1 aromatic carbocycles. The quantitative estimate of drug-likeness (QED) is 0.888. The van der Waals surface area contributed by atoms with Crippen molar-refractivity contribution in [2.45, 2.75) is 70.3 Å². The molecule has 0 saturated heterocycles. The third-order valence-corrected chi connectivity index (χ3v) is 5.20. The van der Waals surface area contributed by atoms with E-state index in [4.69, 9.17) is 0 Å². The first-order valence-corrected chi connectivity index (χ1v) is 8.83. The first-order chi connectivity index (χ1) is 10.7. The molecule has 22 heavy (non-hydrogen) atoms. The Balaban J connectivity index is 1.56. The number of hydrogen-bond donors (Lipinski definition) is 2. The molecule has 120 valence electrons. The molecule has 0 heterocycles. The minimum absolute atomic E-state index is 0.249. The van der Waals surface area contributed by atoms with Crippen molar-refractivity contribution in [1.82, 2.24) is 0 Å². The van der Waals surface area contributed by atoms with Gasteiger partial charge < -0.3 is 10.4 Å². The van der Waals surface area contributed by atoms with Crippen LogP contribution in [-0.4, -0.2) is 17.1 Å². The lowest BCUT2D eigenvalue weighted by atomic mass is 9.85. The fourth-order valence-corrected chi connectivity index (χ4v) is 3.88. The van der Waals surface area contributed by atoms with E-state index >= 15 is 0 Å². The van der Waals surface area contributed by atoms with Crippen molar-refractivity contribution < 1.29 is 9.90 Å². The SMILES string of the molecule is O=C(Nc1ccc2c(c1)CCCC2)C(O)CC1CCCCC1. The Bertz CT molecular complexity index is 520. The number of fused-ring (bicyclic) bond motifs is 1. The van der Waals surface area contributed by atoms with Crippen molar-refractivity contribution in [2.75, 3.05) is 5.32 Å². The maximum atomic E-state index is 12.2. The van der Waals surface area contributed by atoms with Crippen LogP contribution in [0.3, 0.4) is 0 Å². The summed E-state index contributed by atoms with van der Waals surface area (Å²) >= 11 is 0. The van der Waals surface area contributed by atoms with Crippen LogP contribution in [0.15, 0.2) is 18.2 Å². The van der Waals surface area contributed by atoms with Gasteiger partial charge in [0.2, 0.25) is 0 Å². The monoisotopic (exact) mass is 301 g/mol. The zero-order chi connectivity index (χ0) is 15.4. The minimum Gasteiger partial charge on any atom is -0.383 e. The highest BCUT2D eigenvalue weighted by molar-refractivity contribution is 5.94. The molecular formula is C19H27NO2. The van der Waals surface area contributed by atoms with Crippen LogP contribution in [0.2, 0.25) is 0 Å². The molecule has 2 aliphatic carbocycles. The van der Waals surface area contributed by atoms with Crippen LogP contribution in [-0.2, 0) is 17.6 Å². The third kappa shape index (κ3) is 3.89. The summed E-state index contributed by atoms with van der Waals surface area (Å²) < 4.78 is 0. The van der Waals surface area contributed by atoms with Gasteiger partial charge in [-0.3, -0.25) is 4.79 Å². The van der Waals surface area contributed by atoms with Gasteiger partial charge in [-0.15, -0.1) is 0 Å². The summed E-state index contributed by atoms with van der Waals surface area (Å²) in [6, 6.07) is 6.17. The number of hydrogen-bond acceptors (Lipinski definition) is 2. The number of nitrogens with one attached hydrogen (secondary N) is 1. The number of aryl methyl sites for hydroxylation is 2. The second-order valence-electron chi connectivity index (χ2n) is 6.94. The Kier molecular flexibility index (Phi) is 5.14. The summed E-state index contributed by atoms with van der Waals surface area (Å²) in [5, 5.41) is 13.1. The molecule has 3 rings (SSSR count). The van der Waals surface area contributed by atoms with Gasteiger partial charge in [-0.1, -0.05) is 38.2 Å². The van der Waals surface area contributed by atoms with E-state index in [1.54, 1.807) is 0 Å². The van der Waals surface area contributed by atoms with Crippen LogP contribution >= 0.6 is 0 Å². The fraction of sp³-hybridized carbons (Fsp3) is 0.632. The predicted octanol–water partition coefficient (Wildman–Crippen LogP) is 3.84. The summed E-state index contributed by atoms with van der Waals surface area (Å²) in [4.78, 5) is 12.2. The van der Waals surface area contributed by atoms with Crippen molar-refractivity contribution >= 4 is 11.6 Å². The maximum Gasteiger partial charge on any atom is 0.253 e. The minimum atomic E-state index is -0.876. The summed E-state index contributed by atoms with van der Waals surface area (Å²) in [7, 11) is 0. The van der Waals surface area contributed by atoms with E-state index in [9.17, 15) is 9.90 Å². The van der Waals surface area contributed by atoms with Gasteiger partial charge in [0, 0.05) is 5.69 Å². The van der Waals surface area contributed by atoms with Gasteiger partial charge in [-0.05, 0) is 61.3 Å². The first-order valence-electron chi connectivity index (χ1n) is 8.83. The van der Waals surface area contributed by atoms with Gasteiger partial charge in [0.15, 0.2) is 0 Å². The van der Waals surface area contributed by atoms with E-state index in [1.165, 1.54) is 43.2 Å². The lowest BCUT2D eigenvalue weighted by Gasteiger charge is -2.23. The Morgan fingerprint density at radius 3 is 2.59 bits per heavy atom. The second kappa shape index (κ2) is 7.28. The Labute approximate surface area is 133 Å². The van der Waals surface area contributed by atoms with Crippen LogP contribution in [0.5, 0.6) is 0 Å². The van der Waals surface area contributed by atoms with Crippen molar-refractivity contribution in [1.29, 1.82) is 0 Å². The number of carbonyl (C=O) groups is 1. The van der Waals surface area contributed by atoms with Crippen molar-refractivity contribution in [3.63, 3.8) is 0 Å². The molecule has 0 spiro atoms. The Morgan fingerprint density at radius 1 is 1.09 bits per heavy atom. The average molecular weight is 301 g/mol. The van der Waals surface area contributed by atoms with Crippen molar-refractivity contribution in [2.24, 2.45) is 5.92 Å². The standard InChI is InChI=1S/C19H27NO2/c21-18(12-14-6-2-1-3-7-14)19(22)20-17-11-10-15-8-4-5-9-16(15)13-17/h10-11,13-14,18,21H,1-9,12H2,(H,20,22). The zero-order valence-corrected chi connectivity index (χ0v) is 13.3. The highest BCUT2D eigenvalue weighted by Gasteiger charge is 2.22. The number of aliphatic hydroxyl groups excluding tert-OH is 1. The molecule has 0 aromatic heterocycles. The molecule has 2 aliphatic rings. The summed E-state index contributed by atoms with van der Waals surface area (Å²) in [5.41, 5.74) is 3.59. The molecule has 1 fully saturated rings. The number of aliphatic hydroxyl groups is 1. The highest BCUT2D eigenvalue weighted by atomic mass is 16.3. The topological polar surface area (TPSA) is 49.3 Å². The van der Waals surface area contributed by atoms with Gasteiger partial charge in [0.05, 0.1) is 0 Å². The molecular weight excluding hydrogens is 274 g/mol. The van der Waals surface area contributed by atoms with Gasteiger partial charge in [0.25, 0.3) is 5.91 Å². The summed E-state index contributed by atoms with van der Waals surface area (Å²) in [6.45, 7) is 0. The number of amides is 1. The molecule has 1 unspecified atom stereocenters. The van der Waals surface area contributed by atoms with E-state index in [-0.39, 0.29) is 5.91 Å². The van der Waals surface area contributed by atoms with Gasteiger partial charge in [0.1, 0.15) is 6.10 Å². The van der Waals surface area contributed by atoms with E-state index < -0.39 is 6.10 Å². The van der Waals surface area contributed by atoms with Crippen molar-refractivity contribution in [3.05, 3.63) is 29.3 Å². The lowest BCUT2D eigenvalue weighted by Crippen LogP contribution is -2.30. The maximum absolute atomic E-state index is 12.2. The fourth-order valence-electron chi connectivity index (χ4n) is 3.88. The molecule has 1 aromatic rings. The van der Waals surface area contributed by atoms with Gasteiger partial charge >= 0.3 is 0 Å². The van der Waals surface area contributed by atoms with E-state index in [0.29, 0.717) is 12.3 Å². The number of rotatable bonds is 4. The van der Waals surface area contributed by atoms with Crippen LogP contribution in [0.4, 0.5) is 5.69 Å². The molecule has 0 bridgehead atoms. The number of benzene rings is 1. The summed E-state index contributed by atoms with van der Waals surface area (Å²) in [5.74, 6) is 0.263. The summed E-state index contributed by atoms with van der Waals surface area (Å²) in [6.07, 6.45) is 10.6. The molecule has 3 heteroatoms. The normalized spacial score (nSPS) is 20.2. The van der Waals surface area contributed by atoms with Crippen molar-refractivity contribution in [3.8, 4) is 0 Å². The van der Waals surface area contributed by atoms with Crippen LogP contribution in [0, 0.1) is 5.92 Å². The molecule has 1 amide bonds. The molecule has 2 N–H and O–H groups in total. The van der Waals surface area contributed by atoms with Crippen LogP contribution < -0.4 is 5.32 Å². The molecule has 1 atom stereocenters. The highest BCUT2D eigenvalue weighted by Crippen LogP contribution is 2.28. The van der Waals surface area contributed by atoms with E-state index in [0.717, 1.165) is 31.4 Å². The molecule has 0 radical (unpaired) electrons. The van der Waals surface area contributed by atoms with E-state index in [2.05, 4.69) is 17.4 Å². The Hall–Kier alpha value is -1.35. The van der Waals surface area contributed by atoms with Gasteiger partial charge in [-0.25, -0.2) is 0 Å². The first kappa shape index (κ1) is 15.5. The third-order valence-electron chi connectivity index (χ3n) is 5.20.